The third-order valence-corrected chi connectivity index (χ3v) is 5.41. The molecule has 2 fully saturated rings. The highest BCUT2D eigenvalue weighted by molar-refractivity contribution is 5.79. The number of likely N-dealkylation sites (tertiary alicyclic amines) is 1. The maximum Gasteiger partial charge on any atom is 0.193 e. The highest BCUT2D eigenvalue weighted by Crippen LogP contribution is 2.28. The summed E-state index contributed by atoms with van der Waals surface area (Å²) in [5.74, 6) is 1.77. The molecule has 0 bridgehead atoms. The molecule has 0 amide bonds. The van der Waals surface area contributed by atoms with Crippen LogP contribution in [0.1, 0.15) is 37.3 Å². The van der Waals surface area contributed by atoms with Gasteiger partial charge in [0.15, 0.2) is 5.96 Å². The van der Waals surface area contributed by atoms with Crippen LogP contribution in [0, 0.1) is 5.92 Å². The van der Waals surface area contributed by atoms with Crippen molar-refractivity contribution in [2.24, 2.45) is 10.9 Å². The van der Waals surface area contributed by atoms with Gasteiger partial charge in [0.2, 0.25) is 0 Å². The summed E-state index contributed by atoms with van der Waals surface area (Å²) < 4.78 is 5.77. The standard InChI is InChI=1S/C21H34N4O/c1-22-21(24(2)14-15-26-17-18-10-11-18)23-16-20(25-12-6-7-13-25)19-8-4-3-5-9-19/h3-5,8-9,18,20H,6-7,10-17H2,1-2H3,(H,22,23). The van der Waals surface area contributed by atoms with E-state index in [1.54, 1.807) is 0 Å². The molecular formula is C21H34N4O. The molecule has 1 aromatic rings. The van der Waals surface area contributed by atoms with Crippen molar-refractivity contribution < 1.29 is 4.74 Å². The zero-order valence-electron chi connectivity index (χ0n) is 16.4. The number of guanidine groups is 1. The molecule has 26 heavy (non-hydrogen) atoms. The average molecular weight is 359 g/mol. The van der Waals surface area contributed by atoms with E-state index in [-0.39, 0.29) is 0 Å². The second-order valence-corrected chi connectivity index (χ2v) is 7.54. The number of nitrogens with one attached hydrogen (secondary N) is 1. The highest BCUT2D eigenvalue weighted by atomic mass is 16.5. The van der Waals surface area contributed by atoms with Gasteiger partial charge in [0, 0.05) is 33.8 Å². The number of hydrogen-bond acceptors (Lipinski definition) is 3. The van der Waals surface area contributed by atoms with E-state index >= 15 is 0 Å². The summed E-state index contributed by atoms with van der Waals surface area (Å²) in [7, 11) is 3.94. The zero-order valence-corrected chi connectivity index (χ0v) is 16.4. The van der Waals surface area contributed by atoms with Crippen LogP contribution in [0.25, 0.3) is 0 Å². The van der Waals surface area contributed by atoms with E-state index < -0.39 is 0 Å². The molecule has 2 aliphatic rings. The maximum atomic E-state index is 5.77. The third kappa shape index (κ3) is 5.71. The van der Waals surface area contributed by atoms with Crippen molar-refractivity contribution in [3.63, 3.8) is 0 Å². The van der Waals surface area contributed by atoms with Crippen LogP contribution >= 0.6 is 0 Å². The molecule has 1 aromatic carbocycles. The van der Waals surface area contributed by atoms with Crippen molar-refractivity contribution in [3.05, 3.63) is 35.9 Å². The van der Waals surface area contributed by atoms with Crippen LogP contribution in [0.5, 0.6) is 0 Å². The fourth-order valence-corrected chi connectivity index (χ4v) is 3.60. The van der Waals surface area contributed by atoms with E-state index in [1.807, 2.05) is 7.05 Å². The third-order valence-electron chi connectivity index (χ3n) is 5.41. The van der Waals surface area contributed by atoms with Gasteiger partial charge in [-0.1, -0.05) is 30.3 Å². The Bertz CT molecular complexity index is 552. The fourth-order valence-electron chi connectivity index (χ4n) is 3.60. The molecule has 1 saturated heterocycles. The summed E-state index contributed by atoms with van der Waals surface area (Å²) in [6, 6.07) is 11.2. The summed E-state index contributed by atoms with van der Waals surface area (Å²) in [4.78, 5) is 9.22. The molecule has 5 nitrogen and oxygen atoms in total. The van der Waals surface area contributed by atoms with Gasteiger partial charge >= 0.3 is 0 Å². The van der Waals surface area contributed by atoms with Crippen LogP contribution < -0.4 is 5.32 Å². The number of likely N-dealkylation sites (N-methyl/N-ethyl adjacent to an activating group) is 1. The average Bonchev–Trinajstić information content (AvgIpc) is 3.35. The summed E-state index contributed by atoms with van der Waals surface area (Å²) in [6.45, 7) is 5.80. The molecule has 1 heterocycles. The molecule has 0 aromatic heterocycles. The van der Waals surface area contributed by atoms with E-state index in [0.29, 0.717) is 6.04 Å². The predicted octanol–water partition coefficient (Wildman–Crippen LogP) is 2.76. The molecule has 1 unspecified atom stereocenters. The Morgan fingerprint density at radius 3 is 2.65 bits per heavy atom. The molecule has 1 aliphatic carbocycles. The largest absolute Gasteiger partial charge is 0.379 e. The van der Waals surface area contributed by atoms with Crippen molar-refractivity contribution in [2.75, 3.05) is 53.5 Å². The van der Waals surface area contributed by atoms with E-state index in [9.17, 15) is 0 Å². The molecule has 0 radical (unpaired) electrons. The minimum Gasteiger partial charge on any atom is -0.379 e. The minimum absolute atomic E-state index is 0.398. The first kappa shape index (κ1) is 19.2. The lowest BCUT2D eigenvalue weighted by molar-refractivity contribution is 0.115. The Balaban J connectivity index is 1.50. The quantitative estimate of drug-likeness (QED) is 0.419. The number of nitrogens with zero attached hydrogens (tertiary/aromatic N) is 3. The number of rotatable bonds is 9. The zero-order chi connectivity index (χ0) is 18.2. The Kier molecular flexibility index (Phi) is 7.32. The van der Waals surface area contributed by atoms with Gasteiger partial charge < -0.3 is 15.0 Å². The van der Waals surface area contributed by atoms with Gasteiger partial charge in [0.05, 0.1) is 12.6 Å². The number of ether oxygens (including phenoxy) is 1. The molecule has 144 valence electrons. The van der Waals surface area contributed by atoms with Gasteiger partial charge in [-0.15, -0.1) is 0 Å². The van der Waals surface area contributed by atoms with Crippen molar-refractivity contribution >= 4 is 5.96 Å². The molecule has 1 aliphatic heterocycles. The lowest BCUT2D eigenvalue weighted by atomic mass is 10.1. The minimum atomic E-state index is 0.398. The molecule has 3 rings (SSSR count). The Labute approximate surface area is 158 Å². The topological polar surface area (TPSA) is 40.1 Å². The van der Waals surface area contributed by atoms with E-state index in [2.05, 4.69) is 57.5 Å². The van der Waals surface area contributed by atoms with Gasteiger partial charge in [-0.2, -0.15) is 0 Å². The number of aliphatic imine (C=N–C) groups is 1. The fraction of sp³-hybridized carbons (Fsp3) is 0.667. The Morgan fingerprint density at radius 1 is 1.27 bits per heavy atom. The monoisotopic (exact) mass is 358 g/mol. The van der Waals surface area contributed by atoms with Crippen molar-refractivity contribution in [3.8, 4) is 0 Å². The SMILES string of the molecule is CN=C(NCC(c1ccccc1)N1CCCC1)N(C)CCOCC1CC1. The molecule has 1 atom stereocenters. The summed E-state index contributed by atoms with van der Waals surface area (Å²) >= 11 is 0. The first-order valence-electron chi connectivity index (χ1n) is 10.1. The maximum absolute atomic E-state index is 5.77. The number of benzene rings is 1. The van der Waals surface area contributed by atoms with Crippen LogP contribution in [0.4, 0.5) is 0 Å². The van der Waals surface area contributed by atoms with Crippen LogP contribution in [0.3, 0.4) is 0 Å². The highest BCUT2D eigenvalue weighted by Gasteiger charge is 2.24. The van der Waals surface area contributed by atoms with Crippen LogP contribution in [-0.2, 0) is 4.74 Å². The van der Waals surface area contributed by atoms with Crippen molar-refractivity contribution in [2.45, 2.75) is 31.7 Å². The number of hydrogen-bond donors (Lipinski definition) is 1. The van der Waals surface area contributed by atoms with Crippen molar-refractivity contribution in [1.82, 2.24) is 15.1 Å². The first-order valence-corrected chi connectivity index (χ1v) is 10.1. The molecule has 0 spiro atoms. The van der Waals surface area contributed by atoms with Crippen LogP contribution in [-0.4, -0.2) is 69.2 Å². The van der Waals surface area contributed by atoms with Crippen LogP contribution in [0.2, 0.25) is 0 Å². The predicted molar refractivity (Wildman–Crippen MR) is 108 cm³/mol. The van der Waals surface area contributed by atoms with Gasteiger partial charge in [0.1, 0.15) is 0 Å². The second kappa shape index (κ2) is 9.93. The molecule has 1 saturated carbocycles. The smallest absolute Gasteiger partial charge is 0.193 e. The Morgan fingerprint density at radius 2 is 2.00 bits per heavy atom. The van der Waals surface area contributed by atoms with Gasteiger partial charge in [-0.3, -0.25) is 9.89 Å². The van der Waals surface area contributed by atoms with E-state index in [4.69, 9.17) is 4.74 Å². The van der Waals surface area contributed by atoms with Gasteiger partial charge in [0.25, 0.3) is 0 Å². The van der Waals surface area contributed by atoms with Gasteiger partial charge in [-0.05, 0) is 50.3 Å². The van der Waals surface area contributed by atoms with E-state index in [0.717, 1.165) is 38.2 Å². The first-order chi connectivity index (χ1) is 12.8. The molecular weight excluding hydrogens is 324 g/mol. The molecule has 1 N–H and O–H groups in total. The molecule has 5 heteroatoms. The second-order valence-electron chi connectivity index (χ2n) is 7.54. The van der Waals surface area contributed by atoms with Crippen LogP contribution in [0.15, 0.2) is 35.3 Å². The summed E-state index contributed by atoms with van der Waals surface area (Å²) in [6.07, 6.45) is 5.29. The van der Waals surface area contributed by atoms with E-state index in [1.165, 1.54) is 44.3 Å². The lowest BCUT2D eigenvalue weighted by Gasteiger charge is -2.30. The lowest BCUT2D eigenvalue weighted by Crippen LogP contribution is -2.44. The summed E-state index contributed by atoms with van der Waals surface area (Å²) in [5.41, 5.74) is 1.38. The van der Waals surface area contributed by atoms with Gasteiger partial charge in [-0.25, -0.2) is 0 Å². The van der Waals surface area contributed by atoms with Crippen molar-refractivity contribution in [1.29, 1.82) is 0 Å². The Hall–Kier alpha value is -1.59. The normalized spacial score (nSPS) is 19.5. The summed E-state index contributed by atoms with van der Waals surface area (Å²) in [5, 5.41) is 3.59.